The molecule has 0 aliphatic heterocycles. The Labute approximate surface area is 176 Å². The van der Waals surface area contributed by atoms with Crippen molar-refractivity contribution in [1.82, 2.24) is 0 Å². The van der Waals surface area contributed by atoms with E-state index >= 15 is 0 Å². The summed E-state index contributed by atoms with van der Waals surface area (Å²) in [5.74, 6) is -0.0547. The molecule has 0 aliphatic rings. The van der Waals surface area contributed by atoms with Crippen molar-refractivity contribution >= 4 is 17.3 Å². The minimum absolute atomic E-state index is 0.0656. The lowest BCUT2D eigenvalue weighted by Gasteiger charge is -2.14. The monoisotopic (exact) mass is 428 g/mol. The number of carbonyl (C=O) groups excluding carboxylic acids is 1. The van der Waals surface area contributed by atoms with E-state index in [2.05, 4.69) is 10.1 Å². The molecule has 31 heavy (non-hydrogen) atoms. The topological polar surface area (TPSA) is 90.7 Å². The van der Waals surface area contributed by atoms with Crippen LogP contribution in [0.2, 0.25) is 0 Å². The summed E-state index contributed by atoms with van der Waals surface area (Å²) >= 11 is 0. The van der Waals surface area contributed by atoms with Gasteiger partial charge in [0.15, 0.2) is 0 Å². The van der Waals surface area contributed by atoms with Crippen LogP contribution in [0.4, 0.5) is 20.2 Å². The zero-order valence-corrected chi connectivity index (χ0v) is 16.6. The second-order valence-electron chi connectivity index (χ2n) is 6.53. The van der Waals surface area contributed by atoms with Gasteiger partial charge in [0.1, 0.15) is 11.5 Å². The molecular weight excluding hydrogens is 410 g/mol. The highest BCUT2D eigenvalue weighted by Crippen LogP contribution is 2.35. The highest BCUT2D eigenvalue weighted by molar-refractivity contribution is 6.05. The van der Waals surface area contributed by atoms with E-state index in [1.54, 1.807) is 31.2 Å². The Morgan fingerprint density at radius 3 is 2.39 bits per heavy atom. The van der Waals surface area contributed by atoms with Crippen molar-refractivity contribution in [3.05, 3.63) is 81.9 Å². The van der Waals surface area contributed by atoms with Crippen LogP contribution in [0.3, 0.4) is 0 Å². The molecule has 0 radical (unpaired) electrons. The predicted octanol–water partition coefficient (Wildman–Crippen LogP) is 5.43. The number of aryl methyl sites for hydroxylation is 1. The van der Waals surface area contributed by atoms with Crippen LogP contribution in [0.25, 0.3) is 11.1 Å². The average Bonchev–Trinajstić information content (AvgIpc) is 2.74. The molecule has 0 atom stereocenters. The molecule has 0 heterocycles. The number of halogens is 2. The lowest BCUT2D eigenvalue weighted by atomic mass is 10.0. The summed E-state index contributed by atoms with van der Waals surface area (Å²) in [5, 5.41) is 13.7. The van der Waals surface area contributed by atoms with Crippen molar-refractivity contribution in [2.45, 2.75) is 13.5 Å². The Morgan fingerprint density at radius 2 is 1.77 bits per heavy atom. The SMILES string of the molecule is COc1ccc(-c2cc(NC(=O)c3ccc(C)c([N+](=O)[O-])c3)ccc2OC(F)F)cc1. The molecule has 160 valence electrons. The summed E-state index contributed by atoms with van der Waals surface area (Å²) < 4.78 is 35.4. The first-order valence-electron chi connectivity index (χ1n) is 9.08. The summed E-state index contributed by atoms with van der Waals surface area (Å²) in [5.41, 5.74) is 1.55. The third kappa shape index (κ3) is 5.13. The molecule has 0 saturated heterocycles. The quantitative estimate of drug-likeness (QED) is 0.400. The van der Waals surface area contributed by atoms with E-state index in [0.717, 1.165) is 0 Å². The number of nitrogens with zero attached hydrogens (tertiary/aromatic N) is 1. The maximum Gasteiger partial charge on any atom is 0.387 e. The predicted molar refractivity (Wildman–Crippen MR) is 111 cm³/mol. The number of amides is 1. The molecule has 1 amide bonds. The number of ether oxygens (including phenoxy) is 2. The standard InChI is InChI=1S/C22H18F2N2O5/c1-13-3-4-15(11-19(13)26(28)29)21(27)25-16-7-10-20(31-22(23)24)18(12-16)14-5-8-17(30-2)9-6-14/h3-12,22H,1-2H3,(H,25,27). The second kappa shape index (κ2) is 9.21. The van der Waals surface area contributed by atoms with Gasteiger partial charge < -0.3 is 14.8 Å². The lowest BCUT2D eigenvalue weighted by molar-refractivity contribution is -0.385. The Hall–Kier alpha value is -4.01. The van der Waals surface area contributed by atoms with E-state index in [9.17, 15) is 23.7 Å². The number of hydrogen-bond acceptors (Lipinski definition) is 5. The van der Waals surface area contributed by atoms with Crippen LogP contribution in [0.1, 0.15) is 15.9 Å². The van der Waals surface area contributed by atoms with Gasteiger partial charge in [-0.3, -0.25) is 14.9 Å². The van der Waals surface area contributed by atoms with Crippen LogP contribution in [-0.4, -0.2) is 24.6 Å². The van der Waals surface area contributed by atoms with Gasteiger partial charge in [-0.25, -0.2) is 0 Å². The van der Waals surface area contributed by atoms with Crippen molar-refractivity contribution in [3.63, 3.8) is 0 Å². The first kappa shape index (κ1) is 21.7. The van der Waals surface area contributed by atoms with Gasteiger partial charge in [0.05, 0.1) is 12.0 Å². The van der Waals surface area contributed by atoms with E-state index < -0.39 is 17.4 Å². The molecule has 1 N–H and O–H groups in total. The Bertz CT molecular complexity index is 1120. The fourth-order valence-corrected chi connectivity index (χ4v) is 2.95. The Morgan fingerprint density at radius 1 is 1.06 bits per heavy atom. The molecule has 9 heteroatoms. The Balaban J connectivity index is 1.93. The normalized spacial score (nSPS) is 10.6. The third-order valence-electron chi connectivity index (χ3n) is 4.52. The summed E-state index contributed by atoms with van der Waals surface area (Å²) in [4.78, 5) is 23.1. The minimum atomic E-state index is -3.02. The molecule has 0 saturated carbocycles. The number of nitrogens with one attached hydrogen (secondary N) is 1. The van der Waals surface area contributed by atoms with E-state index in [-0.39, 0.29) is 17.0 Å². The number of hydrogen-bond donors (Lipinski definition) is 1. The van der Waals surface area contributed by atoms with Gasteiger partial charge in [-0.2, -0.15) is 8.78 Å². The highest BCUT2D eigenvalue weighted by Gasteiger charge is 2.17. The molecule has 7 nitrogen and oxygen atoms in total. The fraction of sp³-hybridized carbons (Fsp3) is 0.136. The fourth-order valence-electron chi connectivity index (χ4n) is 2.95. The first-order valence-corrected chi connectivity index (χ1v) is 9.08. The van der Waals surface area contributed by atoms with Crippen molar-refractivity contribution in [3.8, 4) is 22.6 Å². The number of anilines is 1. The van der Waals surface area contributed by atoms with Crippen LogP contribution in [0.5, 0.6) is 11.5 Å². The van der Waals surface area contributed by atoms with Crippen molar-refractivity contribution in [2.24, 2.45) is 0 Å². The maximum atomic E-state index is 12.8. The molecule has 0 spiro atoms. The molecule has 0 bridgehead atoms. The van der Waals surface area contributed by atoms with Crippen LogP contribution in [0.15, 0.2) is 60.7 Å². The molecule has 0 aromatic heterocycles. The van der Waals surface area contributed by atoms with Crippen molar-refractivity contribution in [2.75, 3.05) is 12.4 Å². The second-order valence-corrected chi connectivity index (χ2v) is 6.53. The van der Waals surface area contributed by atoms with Gasteiger partial charge >= 0.3 is 6.61 Å². The van der Waals surface area contributed by atoms with Crippen molar-refractivity contribution < 1.29 is 28.0 Å². The molecular formula is C22H18F2N2O5. The number of benzene rings is 3. The number of nitro groups is 1. The number of carbonyl (C=O) groups is 1. The summed E-state index contributed by atoms with van der Waals surface area (Å²) in [6, 6.07) is 15.0. The van der Waals surface area contributed by atoms with Gasteiger partial charge in [0.25, 0.3) is 11.6 Å². The van der Waals surface area contributed by atoms with E-state index in [0.29, 0.717) is 28.1 Å². The number of alkyl halides is 2. The van der Waals surface area contributed by atoms with Gasteiger partial charge in [0, 0.05) is 28.4 Å². The summed E-state index contributed by atoms with van der Waals surface area (Å²) in [7, 11) is 1.51. The zero-order chi connectivity index (χ0) is 22.5. The number of rotatable bonds is 7. The zero-order valence-electron chi connectivity index (χ0n) is 16.6. The number of nitro benzene ring substituents is 1. The molecule has 3 aromatic carbocycles. The average molecular weight is 428 g/mol. The van der Waals surface area contributed by atoms with Crippen molar-refractivity contribution in [1.29, 1.82) is 0 Å². The van der Waals surface area contributed by atoms with Crippen LogP contribution in [0, 0.1) is 17.0 Å². The third-order valence-corrected chi connectivity index (χ3v) is 4.52. The Kier molecular flexibility index (Phi) is 6.44. The van der Waals surface area contributed by atoms with Gasteiger partial charge in [0.2, 0.25) is 0 Å². The van der Waals surface area contributed by atoms with E-state index in [4.69, 9.17) is 4.74 Å². The smallest absolute Gasteiger partial charge is 0.387 e. The summed E-state index contributed by atoms with van der Waals surface area (Å²) in [6.45, 7) is -1.45. The molecule has 0 fully saturated rings. The molecule has 3 rings (SSSR count). The lowest BCUT2D eigenvalue weighted by Crippen LogP contribution is -2.13. The van der Waals surface area contributed by atoms with Crippen LogP contribution in [-0.2, 0) is 0 Å². The van der Waals surface area contributed by atoms with Gasteiger partial charge in [-0.05, 0) is 48.9 Å². The molecule has 0 aliphatic carbocycles. The highest BCUT2D eigenvalue weighted by atomic mass is 19.3. The van der Waals surface area contributed by atoms with E-state index in [1.165, 1.54) is 43.5 Å². The van der Waals surface area contributed by atoms with E-state index in [1.807, 2.05) is 0 Å². The van der Waals surface area contributed by atoms with Gasteiger partial charge in [-0.1, -0.05) is 18.2 Å². The van der Waals surface area contributed by atoms with Crippen LogP contribution < -0.4 is 14.8 Å². The molecule has 0 unspecified atom stereocenters. The summed E-state index contributed by atoms with van der Waals surface area (Å²) in [6.07, 6.45) is 0. The maximum absolute atomic E-state index is 12.8. The molecule has 3 aromatic rings. The number of methoxy groups -OCH3 is 1. The largest absolute Gasteiger partial charge is 0.497 e. The van der Waals surface area contributed by atoms with Crippen LogP contribution >= 0.6 is 0 Å². The minimum Gasteiger partial charge on any atom is -0.497 e. The first-order chi connectivity index (χ1) is 14.8. The van der Waals surface area contributed by atoms with Gasteiger partial charge in [-0.15, -0.1) is 0 Å².